The van der Waals surface area contributed by atoms with Crippen molar-refractivity contribution in [3.05, 3.63) is 65.5 Å². The molecule has 3 aromatic rings. The van der Waals surface area contributed by atoms with Crippen LogP contribution in [-0.4, -0.2) is 28.9 Å². The maximum Gasteiger partial charge on any atom is 0.243 e. The highest BCUT2D eigenvalue weighted by molar-refractivity contribution is 7.89. The van der Waals surface area contributed by atoms with Crippen LogP contribution in [0.5, 0.6) is 0 Å². The van der Waals surface area contributed by atoms with E-state index in [9.17, 15) is 8.42 Å². The first-order chi connectivity index (χ1) is 14.4. The van der Waals surface area contributed by atoms with Crippen LogP contribution in [0.25, 0.3) is 11.4 Å². The summed E-state index contributed by atoms with van der Waals surface area (Å²) in [5.74, 6) is 0.790. The van der Waals surface area contributed by atoms with E-state index < -0.39 is 10.0 Å². The molecule has 0 bridgehead atoms. The van der Waals surface area contributed by atoms with Crippen molar-refractivity contribution in [2.24, 2.45) is 0 Å². The summed E-state index contributed by atoms with van der Waals surface area (Å²) in [5, 5.41) is 4.08. The highest BCUT2D eigenvalue weighted by atomic mass is 32.2. The second-order valence-corrected chi connectivity index (χ2v) is 9.93. The maximum absolute atomic E-state index is 13.5. The molecule has 0 radical (unpaired) electrons. The van der Waals surface area contributed by atoms with E-state index in [1.54, 1.807) is 16.4 Å². The first kappa shape index (κ1) is 20.8. The number of aryl methyl sites for hydroxylation is 2. The number of rotatable bonds is 6. The maximum atomic E-state index is 13.5. The van der Waals surface area contributed by atoms with Gasteiger partial charge < -0.3 is 4.52 Å². The first-order valence-electron chi connectivity index (χ1n) is 10.4. The van der Waals surface area contributed by atoms with Crippen molar-refractivity contribution in [1.82, 2.24) is 14.4 Å². The third-order valence-electron chi connectivity index (χ3n) is 5.64. The fourth-order valence-electron chi connectivity index (χ4n) is 3.98. The zero-order valence-corrected chi connectivity index (χ0v) is 18.2. The van der Waals surface area contributed by atoms with E-state index in [-0.39, 0.29) is 12.6 Å². The smallest absolute Gasteiger partial charge is 0.243 e. The molecule has 6 nitrogen and oxygen atoms in total. The topological polar surface area (TPSA) is 76.3 Å². The summed E-state index contributed by atoms with van der Waals surface area (Å²) in [6.07, 6.45) is 4.91. The zero-order chi connectivity index (χ0) is 21.1. The summed E-state index contributed by atoms with van der Waals surface area (Å²) in [5.41, 5.74) is 2.98. The molecular formula is C23H27N3O3S. The summed E-state index contributed by atoms with van der Waals surface area (Å²) < 4.78 is 34.0. The van der Waals surface area contributed by atoms with Gasteiger partial charge in [0.25, 0.3) is 0 Å². The monoisotopic (exact) mass is 425 g/mol. The number of sulfonamides is 1. The quantitative estimate of drug-likeness (QED) is 0.563. The van der Waals surface area contributed by atoms with Crippen molar-refractivity contribution in [2.45, 2.75) is 63.4 Å². The van der Waals surface area contributed by atoms with Crippen molar-refractivity contribution in [3.8, 4) is 11.4 Å². The molecule has 1 aliphatic carbocycles. The first-order valence-corrected chi connectivity index (χ1v) is 11.9. The normalized spacial score (nSPS) is 15.6. The van der Waals surface area contributed by atoms with E-state index in [1.165, 1.54) is 0 Å². The molecule has 30 heavy (non-hydrogen) atoms. The molecular weight excluding hydrogens is 398 g/mol. The number of hydrogen-bond acceptors (Lipinski definition) is 5. The summed E-state index contributed by atoms with van der Waals surface area (Å²) in [4.78, 5) is 4.80. The fourth-order valence-corrected chi connectivity index (χ4v) is 5.61. The molecule has 2 aromatic carbocycles. The van der Waals surface area contributed by atoms with Crippen molar-refractivity contribution < 1.29 is 12.9 Å². The number of aromatic nitrogens is 2. The third kappa shape index (κ3) is 4.47. The van der Waals surface area contributed by atoms with Crippen LogP contribution >= 0.6 is 0 Å². The second-order valence-electron chi connectivity index (χ2n) is 8.04. The Balaban J connectivity index is 1.65. The summed E-state index contributed by atoms with van der Waals surface area (Å²) >= 11 is 0. The zero-order valence-electron chi connectivity index (χ0n) is 17.4. The lowest BCUT2D eigenvalue weighted by Crippen LogP contribution is -2.41. The van der Waals surface area contributed by atoms with Gasteiger partial charge in [0.05, 0.1) is 11.4 Å². The van der Waals surface area contributed by atoms with E-state index in [4.69, 9.17) is 4.52 Å². The van der Waals surface area contributed by atoms with Crippen molar-refractivity contribution >= 4 is 10.0 Å². The van der Waals surface area contributed by atoms with Gasteiger partial charge in [-0.2, -0.15) is 9.29 Å². The van der Waals surface area contributed by atoms with Crippen LogP contribution in [0, 0.1) is 13.8 Å². The lowest BCUT2D eigenvalue weighted by Gasteiger charge is -2.32. The summed E-state index contributed by atoms with van der Waals surface area (Å²) in [6, 6.07) is 14.8. The Morgan fingerprint density at radius 2 is 1.73 bits per heavy atom. The predicted octanol–water partition coefficient (Wildman–Crippen LogP) is 4.88. The Morgan fingerprint density at radius 3 is 2.43 bits per heavy atom. The van der Waals surface area contributed by atoms with Gasteiger partial charge in [-0.15, -0.1) is 0 Å². The molecule has 0 N–H and O–H groups in total. The number of hydrogen-bond donors (Lipinski definition) is 0. The van der Waals surface area contributed by atoms with Crippen LogP contribution in [0.4, 0.5) is 0 Å². The molecule has 0 aliphatic heterocycles. The van der Waals surface area contributed by atoms with Gasteiger partial charge in [-0.1, -0.05) is 65.9 Å². The SMILES string of the molecule is Cc1ccc(S(=O)(=O)N(Cc2nc(-c3cccc(C)c3)no2)C2CCCCC2)cc1. The number of benzene rings is 2. The van der Waals surface area contributed by atoms with Gasteiger partial charge in [0.15, 0.2) is 0 Å². The van der Waals surface area contributed by atoms with Crippen molar-refractivity contribution in [3.63, 3.8) is 0 Å². The highest BCUT2D eigenvalue weighted by Gasteiger charge is 2.34. The van der Waals surface area contributed by atoms with Gasteiger partial charge in [-0.3, -0.25) is 0 Å². The van der Waals surface area contributed by atoms with Crippen LogP contribution in [0.1, 0.15) is 49.1 Å². The Morgan fingerprint density at radius 1 is 1.00 bits per heavy atom. The molecule has 0 atom stereocenters. The van der Waals surface area contributed by atoms with E-state index in [0.29, 0.717) is 16.6 Å². The minimum Gasteiger partial charge on any atom is -0.338 e. The summed E-state index contributed by atoms with van der Waals surface area (Å²) in [6.45, 7) is 4.03. The minimum absolute atomic E-state index is 0.0561. The Kier molecular flexibility index (Phi) is 6.01. The van der Waals surface area contributed by atoms with E-state index in [2.05, 4.69) is 10.1 Å². The Labute approximate surface area is 178 Å². The van der Waals surface area contributed by atoms with Gasteiger partial charge in [-0.05, 0) is 44.9 Å². The molecule has 4 rings (SSSR count). The molecule has 1 saturated carbocycles. The Bertz CT molecular complexity index is 1100. The van der Waals surface area contributed by atoms with Crippen molar-refractivity contribution in [2.75, 3.05) is 0 Å². The highest BCUT2D eigenvalue weighted by Crippen LogP contribution is 2.30. The average molecular weight is 426 g/mol. The van der Waals surface area contributed by atoms with E-state index >= 15 is 0 Å². The molecule has 1 fully saturated rings. The molecule has 1 aromatic heterocycles. The third-order valence-corrected chi connectivity index (χ3v) is 7.56. The van der Waals surface area contributed by atoms with E-state index in [1.807, 2.05) is 50.2 Å². The van der Waals surface area contributed by atoms with Gasteiger partial charge in [0.2, 0.25) is 21.7 Å². The van der Waals surface area contributed by atoms with Gasteiger partial charge in [0.1, 0.15) is 0 Å². The average Bonchev–Trinajstić information content (AvgIpc) is 3.22. The number of nitrogens with zero attached hydrogens (tertiary/aromatic N) is 3. The van der Waals surface area contributed by atoms with Crippen LogP contribution < -0.4 is 0 Å². The second kappa shape index (κ2) is 8.70. The van der Waals surface area contributed by atoms with Crippen molar-refractivity contribution in [1.29, 1.82) is 0 Å². The molecule has 1 heterocycles. The molecule has 0 amide bonds. The minimum atomic E-state index is -3.67. The van der Waals surface area contributed by atoms with Gasteiger partial charge >= 0.3 is 0 Å². The van der Waals surface area contributed by atoms with Crippen LogP contribution in [0.15, 0.2) is 57.9 Å². The van der Waals surface area contributed by atoms with Crippen LogP contribution in [0.3, 0.4) is 0 Å². The molecule has 7 heteroatoms. The Hall–Kier alpha value is -2.51. The fraction of sp³-hybridized carbons (Fsp3) is 0.391. The van der Waals surface area contributed by atoms with Gasteiger partial charge in [0, 0.05) is 11.6 Å². The van der Waals surface area contributed by atoms with Gasteiger partial charge in [-0.25, -0.2) is 8.42 Å². The standard InChI is InChI=1S/C23H27N3O3S/c1-17-11-13-21(14-12-17)30(27,28)26(20-9-4-3-5-10-20)16-22-24-23(25-29-22)19-8-6-7-18(2)15-19/h6-8,11-15,20H,3-5,9-10,16H2,1-2H3. The molecule has 0 unspecified atom stereocenters. The predicted molar refractivity (Wildman–Crippen MR) is 115 cm³/mol. The molecule has 0 saturated heterocycles. The van der Waals surface area contributed by atoms with Crippen LogP contribution in [0.2, 0.25) is 0 Å². The van der Waals surface area contributed by atoms with E-state index in [0.717, 1.165) is 48.8 Å². The summed E-state index contributed by atoms with van der Waals surface area (Å²) in [7, 11) is -3.67. The molecule has 0 spiro atoms. The molecule has 158 valence electrons. The lowest BCUT2D eigenvalue weighted by molar-refractivity contribution is 0.223. The largest absolute Gasteiger partial charge is 0.338 e. The molecule has 1 aliphatic rings. The van der Waals surface area contributed by atoms with Crippen LogP contribution in [-0.2, 0) is 16.6 Å². The lowest BCUT2D eigenvalue weighted by atomic mass is 9.95.